The van der Waals surface area contributed by atoms with Gasteiger partial charge in [-0.05, 0) is 32.6 Å². The Morgan fingerprint density at radius 3 is 1.35 bits per heavy atom. The quantitative estimate of drug-likeness (QED) is 0.0842. The molecule has 0 aliphatic heterocycles. The smallest absolute Gasteiger partial charge is 0.247 e. The number of H-pyrrole nitrogens is 1. The van der Waals surface area contributed by atoms with Gasteiger partial charge in [-0.3, -0.25) is 0 Å². The van der Waals surface area contributed by atoms with Gasteiger partial charge in [0.05, 0.1) is 12.0 Å². The van der Waals surface area contributed by atoms with E-state index in [4.69, 9.17) is 0 Å². The van der Waals surface area contributed by atoms with Crippen molar-refractivity contribution in [3.05, 3.63) is 18.2 Å². The van der Waals surface area contributed by atoms with Gasteiger partial charge in [-0.2, -0.15) is 0 Å². The van der Waals surface area contributed by atoms with Crippen LogP contribution in [0.5, 0.6) is 0 Å². The summed E-state index contributed by atoms with van der Waals surface area (Å²) in [5, 5.41) is 0. The van der Waals surface area contributed by atoms with E-state index in [-0.39, 0.29) is 0 Å². The second kappa shape index (κ2) is 25.5. The lowest BCUT2D eigenvalue weighted by molar-refractivity contribution is -0.727. The molecular weight excluding hydrogens is 448 g/mol. The number of hydrogen-bond donors (Lipinski definition) is 1. The van der Waals surface area contributed by atoms with Crippen molar-refractivity contribution < 1.29 is 4.57 Å². The number of unbranched alkanes of at least 4 members (excludes halogenated alkanes) is 20. The van der Waals surface area contributed by atoms with Crippen molar-refractivity contribution in [2.24, 2.45) is 0 Å². The number of rotatable bonds is 28. The number of nitrogens with zero attached hydrogens (tertiary/aromatic N) is 1. The Bertz CT molecular complexity index is 578. The van der Waals surface area contributed by atoms with Crippen LogP contribution in [0.25, 0.3) is 0 Å². The highest BCUT2D eigenvalue weighted by molar-refractivity contribution is 4.90. The Labute approximate surface area is 234 Å². The fraction of sp³-hybridized carbons (Fsp3) is 0.914. The molecule has 2 atom stereocenters. The summed E-state index contributed by atoms with van der Waals surface area (Å²) >= 11 is 0. The number of aromatic amines is 1. The van der Waals surface area contributed by atoms with Crippen LogP contribution in [0, 0.1) is 0 Å². The van der Waals surface area contributed by atoms with Gasteiger partial charge in [-0.1, -0.05) is 162 Å². The fourth-order valence-electron chi connectivity index (χ4n) is 6.14. The summed E-state index contributed by atoms with van der Waals surface area (Å²) in [7, 11) is 0. The van der Waals surface area contributed by atoms with E-state index in [0.717, 1.165) is 0 Å². The van der Waals surface area contributed by atoms with Gasteiger partial charge in [0.15, 0.2) is 0 Å². The van der Waals surface area contributed by atoms with Crippen molar-refractivity contribution >= 4 is 0 Å². The van der Waals surface area contributed by atoms with Crippen LogP contribution in [0.1, 0.15) is 212 Å². The zero-order valence-corrected chi connectivity index (χ0v) is 26.1. The summed E-state index contributed by atoms with van der Waals surface area (Å²) in [5.74, 6) is 2.21. The maximum Gasteiger partial charge on any atom is 0.257 e. The van der Waals surface area contributed by atoms with Gasteiger partial charge >= 0.3 is 0 Å². The van der Waals surface area contributed by atoms with Gasteiger partial charge in [0, 0.05) is 0 Å². The zero-order chi connectivity index (χ0) is 26.8. The van der Waals surface area contributed by atoms with Gasteiger partial charge in [-0.25, -0.2) is 9.55 Å². The van der Waals surface area contributed by atoms with E-state index in [1.54, 1.807) is 0 Å². The highest BCUT2D eigenvalue weighted by Gasteiger charge is 2.24. The lowest BCUT2D eigenvalue weighted by atomic mass is 9.94. The van der Waals surface area contributed by atoms with Crippen LogP contribution in [0.2, 0.25) is 0 Å². The normalized spacial score (nSPS) is 13.3. The van der Waals surface area contributed by atoms with Crippen molar-refractivity contribution in [1.82, 2.24) is 4.98 Å². The lowest BCUT2D eigenvalue weighted by Gasteiger charge is -2.16. The molecule has 0 amide bonds. The standard InChI is InChI=1S/C35H68N2/c1-5-8-10-12-14-16-18-19-21-23-25-27-30-34(28-7-3)35-36-31-32-37(35)33(4)29-26-24-22-20-17-15-13-11-9-6-2/h31-34H,5-30H2,1-4H3/p+1. The van der Waals surface area contributed by atoms with Crippen LogP contribution >= 0.6 is 0 Å². The van der Waals surface area contributed by atoms with E-state index in [9.17, 15) is 0 Å². The molecule has 0 bridgehead atoms. The molecule has 1 aromatic heterocycles. The second-order valence-corrected chi connectivity index (χ2v) is 12.2. The Hall–Kier alpha value is -0.790. The molecule has 2 heteroatoms. The maximum absolute atomic E-state index is 3.67. The van der Waals surface area contributed by atoms with Crippen LogP contribution in [0.15, 0.2) is 12.4 Å². The van der Waals surface area contributed by atoms with E-state index in [1.807, 2.05) is 0 Å². The summed E-state index contributed by atoms with van der Waals surface area (Å²) in [6, 6.07) is 0.622. The van der Waals surface area contributed by atoms with Crippen LogP contribution < -0.4 is 4.57 Å². The third kappa shape index (κ3) is 18.2. The summed E-state index contributed by atoms with van der Waals surface area (Å²) in [6.45, 7) is 9.41. The first-order chi connectivity index (χ1) is 18.2. The molecule has 0 saturated heterocycles. The molecule has 0 saturated carbocycles. The van der Waals surface area contributed by atoms with Crippen LogP contribution in [0.3, 0.4) is 0 Å². The molecule has 1 N–H and O–H groups in total. The van der Waals surface area contributed by atoms with Gasteiger partial charge in [-0.15, -0.1) is 0 Å². The molecule has 0 aliphatic rings. The molecule has 1 aromatic rings. The van der Waals surface area contributed by atoms with Crippen LogP contribution in [-0.4, -0.2) is 4.98 Å². The fourth-order valence-corrected chi connectivity index (χ4v) is 6.14. The third-order valence-corrected chi connectivity index (χ3v) is 8.62. The summed E-state index contributed by atoms with van der Waals surface area (Å²) in [6.07, 6.45) is 41.3. The van der Waals surface area contributed by atoms with Crippen molar-refractivity contribution in [2.75, 3.05) is 0 Å². The maximum atomic E-state index is 3.67. The van der Waals surface area contributed by atoms with Crippen LogP contribution in [-0.2, 0) is 0 Å². The van der Waals surface area contributed by atoms with E-state index < -0.39 is 0 Å². The minimum atomic E-state index is 0.622. The van der Waals surface area contributed by atoms with Gasteiger partial charge in [0.1, 0.15) is 12.4 Å². The molecule has 1 heterocycles. The summed E-state index contributed by atoms with van der Waals surface area (Å²) < 4.78 is 2.59. The number of imidazole rings is 1. The number of aromatic nitrogens is 2. The van der Waals surface area contributed by atoms with Crippen molar-refractivity contribution in [2.45, 2.75) is 207 Å². The first-order valence-corrected chi connectivity index (χ1v) is 17.3. The minimum Gasteiger partial charge on any atom is -0.247 e. The Morgan fingerprint density at radius 2 is 0.919 bits per heavy atom. The molecule has 2 unspecified atom stereocenters. The van der Waals surface area contributed by atoms with Gasteiger partial charge in [0.2, 0.25) is 0 Å². The second-order valence-electron chi connectivity index (χ2n) is 12.2. The number of hydrogen-bond acceptors (Lipinski definition) is 0. The molecule has 1 rings (SSSR count). The van der Waals surface area contributed by atoms with E-state index in [1.165, 1.54) is 173 Å². The first kappa shape index (κ1) is 34.2. The number of nitrogens with one attached hydrogen (secondary N) is 1. The minimum absolute atomic E-state index is 0.622. The average molecular weight is 518 g/mol. The zero-order valence-electron chi connectivity index (χ0n) is 26.1. The largest absolute Gasteiger partial charge is 0.257 e. The van der Waals surface area contributed by atoms with Crippen molar-refractivity contribution in [3.63, 3.8) is 0 Å². The molecule has 0 spiro atoms. The van der Waals surface area contributed by atoms with E-state index in [0.29, 0.717) is 12.0 Å². The average Bonchev–Trinajstić information content (AvgIpc) is 3.39. The topological polar surface area (TPSA) is 19.7 Å². The van der Waals surface area contributed by atoms with Crippen molar-refractivity contribution in [1.29, 1.82) is 0 Å². The lowest BCUT2D eigenvalue weighted by Crippen LogP contribution is -2.41. The molecule has 0 radical (unpaired) electrons. The SMILES string of the molecule is CCCCCCCCCCCCCCC(CCC)c1[nH]cc[n+]1C(C)CCCCCCCCCCCC. The van der Waals surface area contributed by atoms with E-state index >= 15 is 0 Å². The molecule has 218 valence electrons. The third-order valence-electron chi connectivity index (χ3n) is 8.62. The predicted octanol–water partition coefficient (Wildman–Crippen LogP) is 12.1. The van der Waals surface area contributed by atoms with Gasteiger partial charge in [0.25, 0.3) is 5.82 Å². The summed E-state index contributed by atoms with van der Waals surface area (Å²) in [4.78, 5) is 3.67. The molecule has 0 aromatic carbocycles. The summed E-state index contributed by atoms with van der Waals surface area (Å²) in [5.41, 5.74) is 0. The molecule has 0 fully saturated rings. The molecule has 37 heavy (non-hydrogen) atoms. The van der Waals surface area contributed by atoms with Crippen LogP contribution in [0.4, 0.5) is 0 Å². The molecule has 0 aliphatic carbocycles. The first-order valence-electron chi connectivity index (χ1n) is 17.3. The monoisotopic (exact) mass is 518 g/mol. The van der Waals surface area contributed by atoms with E-state index in [2.05, 4.69) is 49.6 Å². The highest BCUT2D eigenvalue weighted by atomic mass is 15.1. The Balaban J connectivity index is 2.20. The Morgan fingerprint density at radius 1 is 0.514 bits per heavy atom. The predicted molar refractivity (Wildman–Crippen MR) is 166 cm³/mol. The highest BCUT2D eigenvalue weighted by Crippen LogP contribution is 2.26. The Kier molecular flexibility index (Phi) is 23.6. The molecule has 2 nitrogen and oxygen atoms in total. The van der Waals surface area contributed by atoms with Gasteiger partial charge < -0.3 is 0 Å². The van der Waals surface area contributed by atoms with Crippen molar-refractivity contribution in [3.8, 4) is 0 Å². The molecular formula is C35H69N2+.